The molecule has 0 saturated carbocycles. The van der Waals surface area contributed by atoms with Gasteiger partial charge in [0.15, 0.2) is 11.5 Å². The van der Waals surface area contributed by atoms with Gasteiger partial charge in [-0.3, -0.25) is 14.6 Å². The summed E-state index contributed by atoms with van der Waals surface area (Å²) in [6.07, 6.45) is 2.35. The molecule has 0 bridgehead atoms. The maximum Gasteiger partial charge on any atom is 0.290 e. The number of amides is 1. The summed E-state index contributed by atoms with van der Waals surface area (Å²) >= 11 is 0. The lowest BCUT2D eigenvalue weighted by molar-refractivity contribution is -0.130. The molecule has 1 atom stereocenters. The Hall–Kier alpha value is -3.67. The van der Waals surface area contributed by atoms with Crippen LogP contribution in [0, 0.1) is 6.92 Å². The Morgan fingerprint density at radius 2 is 1.87 bits per heavy atom. The predicted molar refractivity (Wildman–Crippen MR) is 110 cm³/mol. The molecule has 152 valence electrons. The summed E-state index contributed by atoms with van der Waals surface area (Å²) in [5.74, 6) is -0.264. The van der Waals surface area contributed by atoms with E-state index in [1.165, 1.54) is 4.90 Å². The van der Waals surface area contributed by atoms with E-state index in [1.54, 1.807) is 37.4 Å². The SMILES string of the molecule is Cc1ccc(C2C(C(=O)CCc3ccccc3)=C(O)C(=O)N2Cc2ccccn2)o1. The van der Waals surface area contributed by atoms with Crippen molar-refractivity contribution in [3.63, 3.8) is 0 Å². The Morgan fingerprint density at radius 1 is 1.10 bits per heavy atom. The average molecular weight is 402 g/mol. The van der Waals surface area contributed by atoms with Crippen LogP contribution in [0.1, 0.15) is 35.2 Å². The third-order valence-electron chi connectivity index (χ3n) is 5.18. The topological polar surface area (TPSA) is 83.6 Å². The van der Waals surface area contributed by atoms with Crippen LogP contribution in [-0.2, 0) is 22.6 Å². The van der Waals surface area contributed by atoms with Crippen LogP contribution in [-0.4, -0.2) is 26.7 Å². The monoisotopic (exact) mass is 402 g/mol. The molecule has 6 nitrogen and oxygen atoms in total. The molecule has 3 aromatic rings. The first-order valence-corrected chi connectivity index (χ1v) is 9.82. The molecule has 1 aromatic carbocycles. The Kier molecular flexibility index (Phi) is 5.48. The van der Waals surface area contributed by atoms with Gasteiger partial charge in [-0.15, -0.1) is 0 Å². The summed E-state index contributed by atoms with van der Waals surface area (Å²) in [4.78, 5) is 31.7. The minimum absolute atomic E-state index is 0.0845. The second-order valence-electron chi connectivity index (χ2n) is 7.28. The normalized spacial score (nSPS) is 16.4. The molecule has 1 aliphatic heterocycles. The molecule has 1 aliphatic rings. The van der Waals surface area contributed by atoms with Crippen molar-refractivity contribution in [1.29, 1.82) is 0 Å². The number of hydrogen-bond donors (Lipinski definition) is 1. The number of hydrogen-bond acceptors (Lipinski definition) is 5. The number of carbonyl (C=O) groups is 2. The molecule has 6 heteroatoms. The van der Waals surface area contributed by atoms with E-state index in [-0.39, 0.29) is 24.3 Å². The third kappa shape index (κ3) is 3.89. The van der Waals surface area contributed by atoms with Gasteiger partial charge in [0.2, 0.25) is 0 Å². The van der Waals surface area contributed by atoms with Crippen molar-refractivity contribution in [3.8, 4) is 0 Å². The summed E-state index contributed by atoms with van der Waals surface area (Å²) in [5.41, 5.74) is 1.76. The van der Waals surface area contributed by atoms with Crippen LogP contribution in [0.4, 0.5) is 0 Å². The van der Waals surface area contributed by atoms with Gasteiger partial charge in [-0.1, -0.05) is 36.4 Å². The molecule has 0 radical (unpaired) electrons. The maximum absolute atomic E-state index is 13.1. The first kappa shape index (κ1) is 19.6. The molecular weight excluding hydrogens is 380 g/mol. The largest absolute Gasteiger partial charge is 0.503 e. The Morgan fingerprint density at radius 3 is 2.53 bits per heavy atom. The average Bonchev–Trinajstić information content (AvgIpc) is 3.30. The number of rotatable bonds is 7. The Balaban J connectivity index is 1.64. The van der Waals surface area contributed by atoms with Crippen molar-refractivity contribution < 1.29 is 19.1 Å². The van der Waals surface area contributed by atoms with Gasteiger partial charge in [0.1, 0.15) is 17.6 Å². The maximum atomic E-state index is 13.1. The standard InChI is InChI=1S/C24H22N2O4/c1-16-10-13-20(30-16)22-21(19(27)12-11-17-7-3-2-4-8-17)23(28)24(29)26(22)15-18-9-5-6-14-25-18/h2-10,13-14,22,28H,11-12,15H2,1H3. The van der Waals surface area contributed by atoms with E-state index in [9.17, 15) is 14.7 Å². The van der Waals surface area contributed by atoms with E-state index in [1.807, 2.05) is 36.4 Å². The molecule has 0 saturated heterocycles. The molecule has 2 aromatic heterocycles. The van der Waals surface area contributed by atoms with Gasteiger partial charge in [-0.2, -0.15) is 0 Å². The minimum Gasteiger partial charge on any atom is -0.503 e. The van der Waals surface area contributed by atoms with E-state index >= 15 is 0 Å². The number of furan rings is 1. The van der Waals surface area contributed by atoms with Crippen molar-refractivity contribution in [1.82, 2.24) is 9.88 Å². The number of aliphatic hydroxyl groups is 1. The summed E-state index contributed by atoms with van der Waals surface area (Å²) in [5, 5.41) is 10.6. The number of aryl methyl sites for hydroxylation is 2. The number of carbonyl (C=O) groups excluding carboxylic acids is 2. The van der Waals surface area contributed by atoms with Crippen molar-refractivity contribution in [2.75, 3.05) is 0 Å². The zero-order valence-corrected chi connectivity index (χ0v) is 16.6. The molecule has 0 spiro atoms. The fraction of sp³-hybridized carbons (Fsp3) is 0.208. The Bertz CT molecular complexity index is 1090. The van der Waals surface area contributed by atoms with Crippen molar-refractivity contribution in [3.05, 3.63) is 101 Å². The fourth-order valence-electron chi connectivity index (χ4n) is 3.70. The highest BCUT2D eigenvalue weighted by atomic mass is 16.3. The highest BCUT2D eigenvalue weighted by molar-refractivity contribution is 6.08. The Labute approximate surface area is 174 Å². The van der Waals surface area contributed by atoms with Gasteiger partial charge in [0, 0.05) is 12.6 Å². The minimum atomic E-state index is -0.781. The summed E-state index contributed by atoms with van der Waals surface area (Å²) < 4.78 is 5.76. The number of benzene rings is 1. The quantitative estimate of drug-likeness (QED) is 0.644. The van der Waals surface area contributed by atoms with E-state index < -0.39 is 17.7 Å². The summed E-state index contributed by atoms with van der Waals surface area (Å²) in [7, 11) is 0. The van der Waals surface area contributed by atoms with Gasteiger partial charge in [-0.25, -0.2) is 0 Å². The van der Waals surface area contributed by atoms with Crippen LogP contribution in [0.5, 0.6) is 0 Å². The van der Waals surface area contributed by atoms with Crippen molar-refractivity contribution in [2.45, 2.75) is 32.4 Å². The predicted octanol–water partition coefficient (Wildman–Crippen LogP) is 4.08. The molecule has 0 fully saturated rings. The second kappa shape index (κ2) is 8.37. The molecular formula is C24H22N2O4. The summed E-state index contributed by atoms with van der Waals surface area (Å²) in [6, 6.07) is 17.8. The lowest BCUT2D eigenvalue weighted by Crippen LogP contribution is -2.30. The van der Waals surface area contributed by atoms with Crippen LogP contribution in [0.15, 0.2) is 82.6 Å². The van der Waals surface area contributed by atoms with Gasteiger partial charge in [-0.05, 0) is 43.2 Å². The molecule has 4 rings (SSSR count). The smallest absolute Gasteiger partial charge is 0.290 e. The highest BCUT2D eigenvalue weighted by Gasteiger charge is 2.44. The number of ketones is 1. The first-order valence-electron chi connectivity index (χ1n) is 9.82. The first-order chi connectivity index (χ1) is 14.5. The third-order valence-corrected chi connectivity index (χ3v) is 5.18. The lowest BCUT2D eigenvalue weighted by Gasteiger charge is -2.24. The molecule has 30 heavy (non-hydrogen) atoms. The molecule has 1 unspecified atom stereocenters. The summed E-state index contributed by atoms with van der Waals surface area (Å²) in [6.45, 7) is 1.95. The molecule has 1 N–H and O–H groups in total. The lowest BCUT2D eigenvalue weighted by atomic mass is 9.96. The van der Waals surface area contributed by atoms with Crippen molar-refractivity contribution >= 4 is 11.7 Å². The van der Waals surface area contributed by atoms with Gasteiger partial charge < -0.3 is 14.4 Å². The van der Waals surface area contributed by atoms with E-state index in [4.69, 9.17) is 4.42 Å². The zero-order chi connectivity index (χ0) is 21.1. The number of aromatic nitrogens is 1. The highest BCUT2D eigenvalue weighted by Crippen LogP contribution is 2.39. The molecule has 0 aliphatic carbocycles. The van der Waals surface area contributed by atoms with Gasteiger partial charge >= 0.3 is 0 Å². The van der Waals surface area contributed by atoms with Crippen LogP contribution in [0.2, 0.25) is 0 Å². The van der Waals surface area contributed by atoms with Gasteiger partial charge in [0.05, 0.1) is 17.8 Å². The number of aliphatic hydroxyl groups excluding tert-OH is 1. The van der Waals surface area contributed by atoms with E-state index in [2.05, 4.69) is 4.98 Å². The van der Waals surface area contributed by atoms with Crippen LogP contribution >= 0.6 is 0 Å². The van der Waals surface area contributed by atoms with Crippen molar-refractivity contribution in [2.24, 2.45) is 0 Å². The van der Waals surface area contributed by atoms with Crippen LogP contribution < -0.4 is 0 Å². The van der Waals surface area contributed by atoms with Crippen LogP contribution in [0.25, 0.3) is 0 Å². The van der Waals surface area contributed by atoms with E-state index in [0.717, 1.165) is 5.56 Å². The zero-order valence-electron chi connectivity index (χ0n) is 16.6. The number of pyridine rings is 1. The fourth-order valence-corrected chi connectivity index (χ4v) is 3.70. The van der Waals surface area contributed by atoms with Crippen LogP contribution in [0.3, 0.4) is 0 Å². The molecule has 3 heterocycles. The second-order valence-corrected chi connectivity index (χ2v) is 7.28. The van der Waals surface area contributed by atoms with Gasteiger partial charge in [0.25, 0.3) is 5.91 Å². The molecule has 1 amide bonds. The number of nitrogens with zero attached hydrogens (tertiary/aromatic N) is 2. The number of Topliss-reactive ketones (excluding diaryl/α,β-unsaturated/α-hetero) is 1. The van der Waals surface area contributed by atoms with E-state index in [0.29, 0.717) is 23.6 Å².